The van der Waals surface area contributed by atoms with Crippen molar-refractivity contribution in [3.8, 4) is 17.2 Å². The molecule has 11 heteroatoms. The van der Waals surface area contributed by atoms with E-state index in [0.717, 1.165) is 0 Å². The molecule has 5 N–H and O–H groups in total. The van der Waals surface area contributed by atoms with Gasteiger partial charge >= 0.3 is 0 Å². The molecule has 7 atom stereocenters. The highest BCUT2D eigenvalue weighted by Gasteiger charge is 2.59. The van der Waals surface area contributed by atoms with E-state index in [4.69, 9.17) is 14.2 Å². The number of ether oxygens (including phenoxy) is 3. The van der Waals surface area contributed by atoms with Crippen LogP contribution in [0.4, 0.5) is 0 Å². The Bertz CT molecular complexity index is 1470. The van der Waals surface area contributed by atoms with Gasteiger partial charge in [-0.25, -0.2) is 0 Å². The third-order valence-corrected chi connectivity index (χ3v) is 8.74. The topological polar surface area (TPSA) is 166 Å². The number of nitrogens with zero attached hydrogens (tertiary/aromatic N) is 1. The standard InChI is InChI=1S/C29H33NO10/c1-6-38-15-10-28(2,37)9-11-7-12-17(22(33)16(11)15)23(34)18-14(31)8-13-25(19(18)21(12)32)39-27-24(35)20(30(4)5)26(36)29(13,3)40-27/h7-8,15,20,24,26-27,31,33,35-37H,6,9-10H2,1-5H3/t15-,20+,24-,26+,27+,28-,29-/m0/s1. The second-order valence-electron chi connectivity index (χ2n) is 11.8. The molecule has 2 aromatic carbocycles. The molecule has 2 aliphatic carbocycles. The summed E-state index contributed by atoms with van der Waals surface area (Å²) in [6.45, 7) is 5.28. The maximum atomic E-state index is 14.1. The fraction of sp³-hybridized carbons (Fsp3) is 0.517. The summed E-state index contributed by atoms with van der Waals surface area (Å²) < 4.78 is 17.7. The molecule has 4 aliphatic rings. The summed E-state index contributed by atoms with van der Waals surface area (Å²) in [6.07, 6.45) is -4.26. The van der Waals surface area contributed by atoms with Crippen molar-refractivity contribution >= 4 is 11.6 Å². The molecule has 0 aromatic heterocycles. The van der Waals surface area contributed by atoms with Crippen LogP contribution in [0, 0.1) is 0 Å². The van der Waals surface area contributed by atoms with Crippen LogP contribution >= 0.6 is 0 Å². The first-order valence-corrected chi connectivity index (χ1v) is 13.3. The van der Waals surface area contributed by atoms with Crippen LogP contribution in [0.25, 0.3) is 0 Å². The molecule has 0 amide bonds. The van der Waals surface area contributed by atoms with Gasteiger partial charge in [-0.1, -0.05) is 0 Å². The van der Waals surface area contributed by atoms with Crippen LogP contribution in [-0.4, -0.2) is 92.8 Å². The molecule has 11 nitrogen and oxygen atoms in total. The van der Waals surface area contributed by atoms with Gasteiger partial charge in [0, 0.05) is 36.1 Å². The second kappa shape index (κ2) is 8.72. The van der Waals surface area contributed by atoms with Crippen molar-refractivity contribution in [2.75, 3.05) is 20.7 Å². The summed E-state index contributed by atoms with van der Waals surface area (Å²) in [4.78, 5) is 29.7. The van der Waals surface area contributed by atoms with Crippen molar-refractivity contribution < 1.29 is 49.3 Å². The van der Waals surface area contributed by atoms with Gasteiger partial charge in [-0.15, -0.1) is 0 Å². The lowest BCUT2D eigenvalue weighted by atomic mass is 9.72. The Labute approximate surface area is 230 Å². The zero-order chi connectivity index (χ0) is 29.0. The predicted octanol–water partition coefficient (Wildman–Crippen LogP) is 1.26. The Morgan fingerprint density at radius 3 is 2.42 bits per heavy atom. The molecule has 1 fully saturated rings. The Hall–Kier alpha value is -3.06. The minimum atomic E-state index is -1.50. The fourth-order valence-electron chi connectivity index (χ4n) is 6.90. The molecular formula is C29H33NO10. The van der Waals surface area contributed by atoms with Crippen LogP contribution in [0.5, 0.6) is 17.2 Å². The number of phenols is 2. The number of aromatic hydroxyl groups is 2. The predicted molar refractivity (Wildman–Crippen MR) is 139 cm³/mol. The Morgan fingerprint density at radius 2 is 1.77 bits per heavy atom. The Morgan fingerprint density at radius 1 is 1.07 bits per heavy atom. The normalized spacial score (nSPS) is 34.1. The number of aliphatic hydroxyl groups is 3. The lowest BCUT2D eigenvalue weighted by Gasteiger charge is -2.53. The van der Waals surface area contributed by atoms with Crippen molar-refractivity contribution in [1.82, 2.24) is 4.90 Å². The number of fused-ring (bicyclic) bond motifs is 8. The smallest absolute Gasteiger partial charge is 0.228 e. The molecule has 2 aliphatic heterocycles. The molecule has 0 spiro atoms. The molecule has 40 heavy (non-hydrogen) atoms. The zero-order valence-electron chi connectivity index (χ0n) is 22.9. The van der Waals surface area contributed by atoms with Gasteiger partial charge in [-0.2, -0.15) is 0 Å². The summed E-state index contributed by atoms with van der Waals surface area (Å²) in [6, 6.07) is 1.92. The number of carbonyl (C=O) groups is 2. The molecule has 214 valence electrons. The summed E-state index contributed by atoms with van der Waals surface area (Å²) in [7, 11) is 3.37. The quantitative estimate of drug-likeness (QED) is 0.316. The lowest BCUT2D eigenvalue weighted by Crippen LogP contribution is -2.68. The van der Waals surface area contributed by atoms with Crippen LogP contribution < -0.4 is 4.74 Å². The SMILES string of the molecule is CCO[C@H]1C[C@@](C)(O)Cc2cc3c(c(O)c21)C(=O)c1c(O)cc2c(c1C3=O)O[C@@H]1O[C@]2(C)[C@H](O)[C@H](N(C)C)[C@@H]1O. The fourth-order valence-corrected chi connectivity index (χ4v) is 6.90. The molecule has 0 saturated carbocycles. The summed E-state index contributed by atoms with van der Waals surface area (Å²) in [5.74, 6) is -2.51. The summed E-state index contributed by atoms with van der Waals surface area (Å²) in [5.41, 5.74) is -2.67. The van der Waals surface area contributed by atoms with E-state index in [1.54, 1.807) is 39.8 Å². The number of phenolic OH excluding ortho intramolecular Hbond substituents is 2. The van der Waals surface area contributed by atoms with Crippen molar-refractivity contribution in [3.05, 3.63) is 51.1 Å². The van der Waals surface area contributed by atoms with Gasteiger partial charge in [0.25, 0.3) is 0 Å². The van der Waals surface area contributed by atoms with Crippen molar-refractivity contribution in [3.63, 3.8) is 0 Å². The second-order valence-corrected chi connectivity index (χ2v) is 11.8. The number of carbonyl (C=O) groups excluding carboxylic acids is 2. The van der Waals surface area contributed by atoms with Gasteiger partial charge < -0.3 is 44.6 Å². The number of likely N-dealkylation sites (N-methyl/N-ethyl adjacent to an activating group) is 1. The summed E-state index contributed by atoms with van der Waals surface area (Å²) >= 11 is 0. The van der Waals surface area contributed by atoms with E-state index in [0.29, 0.717) is 17.7 Å². The van der Waals surface area contributed by atoms with Crippen LogP contribution in [0.2, 0.25) is 0 Å². The maximum absolute atomic E-state index is 14.1. The average molecular weight is 556 g/mol. The minimum Gasteiger partial charge on any atom is -0.507 e. The van der Waals surface area contributed by atoms with E-state index >= 15 is 0 Å². The lowest BCUT2D eigenvalue weighted by molar-refractivity contribution is -0.311. The van der Waals surface area contributed by atoms with Gasteiger partial charge in [0.15, 0.2) is 5.78 Å². The van der Waals surface area contributed by atoms with Crippen LogP contribution in [0.3, 0.4) is 0 Å². The van der Waals surface area contributed by atoms with E-state index in [-0.39, 0.29) is 46.4 Å². The highest BCUT2D eigenvalue weighted by molar-refractivity contribution is 6.31. The zero-order valence-corrected chi connectivity index (χ0v) is 22.9. The first kappa shape index (κ1) is 27.1. The number of rotatable bonds is 3. The van der Waals surface area contributed by atoms with E-state index in [1.807, 2.05) is 0 Å². The van der Waals surface area contributed by atoms with Gasteiger partial charge in [-0.05, 0) is 52.6 Å². The van der Waals surface area contributed by atoms with E-state index in [1.165, 1.54) is 12.1 Å². The monoisotopic (exact) mass is 555 g/mol. The minimum absolute atomic E-state index is 0.0812. The number of benzene rings is 2. The number of hydrogen-bond acceptors (Lipinski definition) is 11. The third-order valence-electron chi connectivity index (χ3n) is 8.74. The molecule has 2 bridgehead atoms. The molecular weight excluding hydrogens is 522 g/mol. The van der Waals surface area contributed by atoms with Crippen LogP contribution in [0.15, 0.2) is 12.1 Å². The molecule has 2 heterocycles. The molecule has 0 unspecified atom stereocenters. The Balaban J connectivity index is 1.57. The third kappa shape index (κ3) is 3.52. The van der Waals surface area contributed by atoms with Crippen molar-refractivity contribution in [2.24, 2.45) is 0 Å². The van der Waals surface area contributed by atoms with Crippen molar-refractivity contribution in [2.45, 2.75) is 75.5 Å². The largest absolute Gasteiger partial charge is 0.507 e. The first-order chi connectivity index (χ1) is 18.7. The van der Waals surface area contributed by atoms with E-state index in [9.17, 15) is 35.1 Å². The van der Waals surface area contributed by atoms with Gasteiger partial charge in [0.1, 0.15) is 35.1 Å². The average Bonchev–Trinajstić information content (AvgIpc) is 2.85. The van der Waals surface area contributed by atoms with Gasteiger partial charge in [-0.3, -0.25) is 9.59 Å². The van der Waals surface area contributed by atoms with Crippen LogP contribution in [0.1, 0.15) is 81.8 Å². The first-order valence-electron chi connectivity index (χ1n) is 13.3. The number of aliphatic hydroxyl groups excluding tert-OH is 2. The molecule has 0 radical (unpaired) electrons. The molecule has 1 saturated heterocycles. The molecule has 6 rings (SSSR count). The molecule has 2 aromatic rings. The Kier molecular flexibility index (Phi) is 5.91. The van der Waals surface area contributed by atoms with Crippen molar-refractivity contribution in [1.29, 1.82) is 0 Å². The van der Waals surface area contributed by atoms with E-state index in [2.05, 4.69) is 0 Å². The highest BCUT2D eigenvalue weighted by Crippen LogP contribution is 2.54. The number of hydrogen-bond donors (Lipinski definition) is 5. The number of ketones is 2. The maximum Gasteiger partial charge on any atom is 0.228 e. The van der Waals surface area contributed by atoms with Gasteiger partial charge in [0.05, 0.1) is 34.4 Å². The van der Waals surface area contributed by atoms with E-state index < -0.39 is 64.9 Å². The highest BCUT2D eigenvalue weighted by atomic mass is 16.7. The van der Waals surface area contributed by atoms with Crippen LogP contribution in [-0.2, 0) is 21.5 Å². The van der Waals surface area contributed by atoms with Gasteiger partial charge in [0.2, 0.25) is 12.1 Å². The summed E-state index contributed by atoms with van der Waals surface area (Å²) in [5, 5.41) is 55.6.